The van der Waals surface area contributed by atoms with E-state index >= 15 is 0 Å². The lowest BCUT2D eigenvalue weighted by Gasteiger charge is -1.85. The van der Waals surface area contributed by atoms with E-state index in [2.05, 4.69) is 15.2 Å². The van der Waals surface area contributed by atoms with Crippen molar-refractivity contribution < 1.29 is 0 Å². The first-order valence-corrected chi connectivity index (χ1v) is 3.14. The number of hydrogen-bond acceptors (Lipinski definition) is 3. The van der Waals surface area contributed by atoms with Crippen molar-refractivity contribution in [2.45, 2.75) is 0 Å². The van der Waals surface area contributed by atoms with Crippen LogP contribution in [0, 0.1) is 0 Å². The van der Waals surface area contributed by atoms with Gasteiger partial charge in [-0.3, -0.25) is 9.77 Å². The van der Waals surface area contributed by atoms with Crippen LogP contribution < -0.4 is 5.84 Å². The fourth-order valence-electron chi connectivity index (χ4n) is 0.877. The Morgan fingerprint density at radius 3 is 3.00 bits per heavy atom. The van der Waals surface area contributed by atoms with Crippen LogP contribution >= 0.6 is 0 Å². The lowest BCUT2D eigenvalue weighted by molar-refractivity contribution is 1.00. The molecule has 0 amide bonds. The minimum absolute atomic E-state index is 0.821. The average Bonchev–Trinajstić information content (AvgIpc) is 2.55. The summed E-state index contributed by atoms with van der Waals surface area (Å²) in [5.74, 6) is 5.41. The van der Waals surface area contributed by atoms with E-state index in [1.165, 1.54) is 4.68 Å². The molecule has 0 spiro atoms. The van der Waals surface area contributed by atoms with E-state index in [1.54, 1.807) is 24.9 Å². The molecule has 2 aromatic heterocycles. The normalized spacial score (nSPS) is 10.2. The monoisotopic (exact) mass is 149 g/mol. The molecule has 3 N–H and O–H groups in total. The first-order valence-electron chi connectivity index (χ1n) is 3.14. The third-order valence-corrected chi connectivity index (χ3v) is 1.40. The van der Waals surface area contributed by atoms with Gasteiger partial charge in [-0.1, -0.05) is 0 Å². The molecule has 0 radical (unpaired) electrons. The molecule has 2 rings (SSSR count). The minimum Gasteiger partial charge on any atom is -0.338 e. The Bertz CT molecular complexity index is 333. The Labute approximate surface area is 62.8 Å². The summed E-state index contributed by atoms with van der Waals surface area (Å²) in [5, 5.41) is 6.49. The maximum atomic E-state index is 5.41. The van der Waals surface area contributed by atoms with E-state index in [0.717, 1.165) is 11.3 Å². The van der Waals surface area contributed by atoms with Gasteiger partial charge in [0.15, 0.2) is 0 Å². The molecule has 0 aliphatic carbocycles. The van der Waals surface area contributed by atoms with E-state index in [-0.39, 0.29) is 0 Å². The molecule has 2 heterocycles. The van der Waals surface area contributed by atoms with E-state index in [4.69, 9.17) is 5.84 Å². The number of aromatic amines is 1. The number of aromatic nitrogens is 4. The Morgan fingerprint density at radius 1 is 1.55 bits per heavy atom. The molecule has 11 heavy (non-hydrogen) atoms. The lowest BCUT2D eigenvalue weighted by atomic mass is 10.3. The van der Waals surface area contributed by atoms with Gasteiger partial charge in [0.05, 0.1) is 18.1 Å². The van der Waals surface area contributed by atoms with Gasteiger partial charge < -0.3 is 5.84 Å². The van der Waals surface area contributed by atoms with Crippen LogP contribution in [0.1, 0.15) is 0 Å². The Kier molecular flexibility index (Phi) is 1.15. The van der Waals surface area contributed by atoms with Gasteiger partial charge in [0.25, 0.3) is 0 Å². The van der Waals surface area contributed by atoms with Crippen LogP contribution in [0.3, 0.4) is 0 Å². The van der Waals surface area contributed by atoms with Crippen LogP contribution in [-0.4, -0.2) is 19.9 Å². The molecule has 0 aromatic carbocycles. The highest BCUT2D eigenvalue weighted by Crippen LogP contribution is 2.12. The van der Waals surface area contributed by atoms with Gasteiger partial charge >= 0.3 is 0 Å². The van der Waals surface area contributed by atoms with Crippen LogP contribution in [0.2, 0.25) is 0 Å². The van der Waals surface area contributed by atoms with E-state index in [9.17, 15) is 0 Å². The van der Waals surface area contributed by atoms with Gasteiger partial charge in [0.1, 0.15) is 6.33 Å². The summed E-state index contributed by atoms with van der Waals surface area (Å²) in [7, 11) is 0. The number of nitrogen functional groups attached to an aromatic ring is 1. The highest BCUT2D eigenvalue weighted by Gasteiger charge is 2.00. The quantitative estimate of drug-likeness (QED) is 0.560. The number of nitrogens with two attached hydrogens (primary N) is 1. The Hall–Kier alpha value is -1.78. The second-order valence-corrected chi connectivity index (χ2v) is 2.19. The molecule has 5 nitrogen and oxygen atoms in total. The second kappa shape index (κ2) is 2.12. The Balaban J connectivity index is 2.45. The van der Waals surface area contributed by atoms with Crippen LogP contribution in [-0.2, 0) is 0 Å². The molecule has 0 unspecified atom stereocenters. The van der Waals surface area contributed by atoms with Crippen LogP contribution in [0.4, 0.5) is 0 Å². The second-order valence-electron chi connectivity index (χ2n) is 2.19. The van der Waals surface area contributed by atoms with E-state index in [1.807, 2.05) is 0 Å². The molecule has 0 aliphatic heterocycles. The maximum absolute atomic E-state index is 5.41. The summed E-state index contributed by atoms with van der Waals surface area (Å²) >= 11 is 0. The highest BCUT2D eigenvalue weighted by atomic mass is 15.3. The summed E-state index contributed by atoms with van der Waals surface area (Å²) in [4.78, 5) is 4.04. The summed E-state index contributed by atoms with van der Waals surface area (Å²) < 4.78 is 1.41. The van der Waals surface area contributed by atoms with Crippen LogP contribution in [0.25, 0.3) is 11.3 Å². The number of nitrogens with one attached hydrogen (secondary N) is 1. The maximum Gasteiger partial charge on any atom is 0.114 e. The standard InChI is InChI=1S/C6H7N5/c7-11-3-6(8-4-11)5-1-9-10-2-5/h1-4H,7H2,(H,9,10). The molecular formula is C6H7N5. The first-order chi connectivity index (χ1) is 5.36. The van der Waals surface area contributed by atoms with Gasteiger partial charge in [-0.15, -0.1) is 0 Å². The van der Waals surface area contributed by atoms with Crippen molar-refractivity contribution in [1.82, 2.24) is 19.9 Å². The van der Waals surface area contributed by atoms with Gasteiger partial charge in [-0.2, -0.15) is 5.10 Å². The van der Waals surface area contributed by atoms with Crippen molar-refractivity contribution in [1.29, 1.82) is 0 Å². The van der Waals surface area contributed by atoms with Crippen molar-refractivity contribution in [3.05, 3.63) is 24.9 Å². The molecule has 56 valence electrons. The van der Waals surface area contributed by atoms with Crippen molar-refractivity contribution in [2.75, 3.05) is 5.84 Å². The molecule has 0 fully saturated rings. The fourth-order valence-corrected chi connectivity index (χ4v) is 0.877. The van der Waals surface area contributed by atoms with Gasteiger partial charge in [0, 0.05) is 11.8 Å². The van der Waals surface area contributed by atoms with E-state index in [0.29, 0.717) is 0 Å². The summed E-state index contributed by atoms with van der Waals surface area (Å²) in [6.45, 7) is 0. The molecule has 0 saturated carbocycles. The molecule has 2 aromatic rings. The molecule has 5 heteroatoms. The fraction of sp³-hybridized carbons (Fsp3) is 0. The van der Waals surface area contributed by atoms with Gasteiger partial charge in [-0.05, 0) is 0 Å². The lowest BCUT2D eigenvalue weighted by Crippen LogP contribution is -2.02. The number of rotatable bonds is 1. The minimum atomic E-state index is 0.821. The van der Waals surface area contributed by atoms with Crippen molar-refractivity contribution in [2.24, 2.45) is 0 Å². The van der Waals surface area contributed by atoms with E-state index < -0.39 is 0 Å². The SMILES string of the molecule is Nn1cnc(-c2cn[nH]c2)c1. The molecule has 0 aliphatic rings. The predicted octanol–water partition coefficient (Wildman–Crippen LogP) is -0.0130. The topological polar surface area (TPSA) is 72.5 Å². The van der Waals surface area contributed by atoms with Gasteiger partial charge in [0.2, 0.25) is 0 Å². The number of H-pyrrole nitrogens is 1. The third-order valence-electron chi connectivity index (χ3n) is 1.40. The van der Waals surface area contributed by atoms with Crippen molar-refractivity contribution in [3.63, 3.8) is 0 Å². The third kappa shape index (κ3) is 0.958. The van der Waals surface area contributed by atoms with Crippen LogP contribution in [0.5, 0.6) is 0 Å². The number of nitrogens with zero attached hydrogens (tertiary/aromatic N) is 3. The smallest absolute Gasteiger partial charge is 0.114 e. The number of hydrogen-bond donors (Lipinski definition) is 2. The van der Waals surface area contributed by atoms with Crippen molar-refractivity contribution in [3.8, 4) is 11.3 Å². The average molecular weight is 149 g/mol. The van der Waals surface area contributed by atoms with Gasteiger partial charge in [-0.25, -0.2) is 4.98 Å². The summed E-state index contributed by atoms with van der Waals surface area (Å²) in [6, 6.07) is 0. The molecule has 0 saturated heterocycles. The first kappa shape index (κ1) is 5.96. The number of imidazole rings is 1. The highest BCUT2D eigenvalue weighted by molar-refractivity contribution is 5.55. The predicted molar refractivity (Wildman–Crippen MR) is 40.0 cm³/mol. The molecular weight excluding hydrogens is 142 g/mol. The zero-order valence-corrected chi connectivity index (χ0v) is 5.73. The zero-order valence-electron chi connectivity index (χ0n) is 5.73. The Morgan fingerprint density at radius 2 is 2.45 bits per heavy atom. The van der Waals surface area contributed by atoms with Crippen LogP contribution in [0.15, 0.2) is 24.9 Å². The molecule has 0 atom stereocenters. The summed E-state index contributed by atoms with van der Waals surface area (Å²) in [5.41, 5.74) is 1.76. The molecule has 0 bridgehead atoms. The largest absolute Gasteiger partial charge is 0.338 e. The van der Waals surface area contributed by atoms with Crippen molar-refractivity contribution >= 4 is 0 Å². The summed E-state index contributed by atoms with van der Waals surface area (Å²) in [6.07, 6.45) is 6.73. The zero-order chi connectivity index (χ0) is 7.68.